The summed E-state index contributed by atoms with van der Waals surface area (Å²) in [4.78, 5) is 0. The van der Waals surface area contributed by atoms with E-state index in [4.69, 9.17) is 0 Å². The highest BCUT2D eigenvalue weighted by Gasteiger charge is 2.32. The smallest absolute Gasteiger partial charge is 0.404 e. The Labute approximate surface area is 114 Å². The molecule has 0 amide bonds. The number of alkyl halides is 3. The lowest BCUT2D eigenvalue weighted by Gasteiger charge is -2.25. The fraction of sp³-hybridized carbons (Fsp3) is 0.500. The van der Waals surface area contributed by atoms with E-state index in [1.54, 1.807) is 6.07 Å². The molecule has 0 bridgehead atoms. The summed E-state index contributed by atoms with van der Waals surface area (Å²) in [5, 5.41) is 2.82. The van der Waals surface area contributed by atoms with Gasteiger partial charge in [0.1, 0.15) is 0 Å². The van der Waals surface area contributed by atoms with Crippen molar-refractivity contribution < 1.29 is 26.3 Å². The minimum atomic E-state index is -4.78. The lowest BCUT2D eigenvalue weighted by Crippen LogP contribution is -2.35. The van der Waals surface area contributed by atoms with E-state index >= 15 is 0 Å². The summed E-state index contributed by atoms with van der Waals surface area (Å²) in [7, 11) is -3.13. The van der Waals surface area contributed by atoms with Gasteiger partial charge in [0.2, 0.25) is 0 Å². The van der Waals surface area contributed by atoms with E-state index in [0.29, 0.717) is 12.8 Å². The van der Waals surface area contributed by atoms with Crippen molar-refractivity contribution in [1.82, 2.24) is 0 Å². The van der Waals surface area contributed by atoms with E-state index in [1.165, 1.54) is 18.2 Å². The molecule has 1 atom stereocenters. The van der Waals surface area contributed by atoms with Crippen LogP contribution in [0.5, 0.6) is 5.75 Å². The van der Waals surface area contributed by atoms with Crippen LogP contribution in [0.2, 0.25) is 0 Å². The molecule has 0 saturated carbocycles. The first-order valence-corrected chi connectivity index (χ1v) is 7.89. The monoisotopic (exact) mass is 309 g/mol. The molecule has 1 fully saturated rings. The molecule has 0 spiro atoms. The van der Waals surface area contributed by atoms with Gasteiger partial charge >= 0.3 is 6.36 Å². The summed E-state index contributed by atoms with van der Waals surface area (Å²) in [6.45, 7) is 0. The molecule has 2 rings (SSSR count). The van der Waals surface area contributed by atoms with Gasteiger partial charge in [0.15, 0.2) is 15.6 Å². The maximum absolute atomic E-state index is 12.3. The van der Waals surface area contributed by atoms with Crippen LogP contribution in [0.3, 0.4) is 0 Å². The average molecular weight is 309 g/mol. The van der Waals surface area contributed by atoms with Gasteiger partial charge in [-0.3, -0.25) is 0 Å². The number of sulfone groups is 1. The third kappa shape index (κ3) is 4.29. The van der Waals surface area contributed by atoms with E-state index in [9.17, 15) is 21.6 Å². The molecule has 1 heterocycles. The zero-order valence-corrected chi connectivity index (χ0v) is 11.3. The second kappa shape index (κ2) is 5.51. The molecule has 20 heavy (non-hydrogen) atoms. The Kier molecular flexibility index (Phi) is 4.12. The van der Waals surface area contributed by atoms with Crippen LogP contribution >= 0.6 is 0 Å². The molecule has 1 aliphatic rings. The molecule has 0 aliphatic carbocycles. The second-order valence-corrected chi connectivity index (χ2v) is 6.87. The van der Waals surface area contributed by atoms with E-state index in [-0.39, 0.29) is 22.9 Å². The van der Waals surface area contributed by atoms with Gasteiger partial charge < -0.3 is 10.1 Å². The zero-order valence-electron chi connectivity index (χ0n) is 10.5. The van der Waals surface area contributed by atoms with Crippen LogP contribution in [0.15, 0.2) is 24.3 Å². The van der Waals surface area contributed by atoms with Gasteiger partial charge in [-0.25, -0.2) is 8.42 Å². The number of benzene rings is 1. The predicted molar refractivity (Wildman–Crippen MR) is 68.4 cm³/mol. The summed E-state index contributed by atoms with van der Waals surface area (Å²) in [5.41, 5.74) is 0.145. The van der Waals surface area contributed by atoms with Crippen LogP contribution < -0.4 is 10.1 Å². The average Bonchev–Trinajstić information content (AvgIpc) is 2.28. The highest BCUT2D eigenvalue weighted by Crippen LogP contribution is 2.31. The first-order chi connectivity index (χ1) is 9.25. The molecule has 8 heteroatoms. The molecule has 1 N–H and O–H groups in total. The van der Waals surface area contributed by atoms with E-state index in [2.05, 4.69) is 10.1 Å². The van der Waals surface area contributed by atoms with Gasteiger partial charge in [0.05, 0.1) is 17.2 Å². The van der Waals surface area contributed by atoms with E-state index in [1.807, 2.05) is 0 Å². The summed E-state index contributed by atoms with van der Waals surface area (Å²) in [6, 6.07) is 5.20. The van der Waals surface area contributed by atoms with Gasteiger partial charge in [-0.05, 0) is 25.0 Å². The number of para-hydroxylation sites is 2. The van der Waals surface area contributed by atoms with Crippen LogP contribution in [0.1, 0.15) is 12.8 Å². The van der Waals surface area contributed by atoms with E-state index in [0.717, 1.165) is 0 Å². The zero-order chi connectivity index (χ0) is 14.8. The SMILES string of the molecule is O=S1(=O)CCCC(Nc2ccccc2OC(F)(F)F)C1. The van der Waals surface area contributed by atoms with Crippen molar-refractivity contribution in [3.8, 4) is 5.75 Å². The quantitative estimate of drug-likeness (QED) is 0.932. The number of hydrogen-bond acceptors (Lipinski definition) is 4. The van der Waals surface area contributed by atoms with Gasteiger partial charge in [-0.2, -0.15) is 0 Å². The highest BCUT2D eigenvalue weighted by atomic mass is 32.2. The second-order valence-electron chi connectivity index (χ2n) is 4.64. The van der Waals surface area contributed by atoms with Crippen molar-refractivity contribution >= 4 is 15.5 Å². The molecular weight excluding hydrogens is 295 g/mol. The van der Waals surface area contributed by atoms with Crippen LogP contribution in [-0.2, 0) is 9.84 Å². The van der Waals surface area contributed by atoms with Gasteiger partial charge in [-0.15, -0.1) is 13.2 Å². The third-order valence-corrected chi connectivity index (χ3v) is 4.76. The number of hydrogen-bond donors (Lipinski definition) is 1. The van der Waals surface area contributed by atoms with Crippen molar-refractivity contribution in [1.29, 1.82) is 0 Å². The number of rotatable bonds is 3. The number of halogens is 3. The van der Waals surface area contributed by atoms with Crippen LogP contribution in [0.25, 0.3) is 0 Å². The van der Waals surface area contributed by atoms with Gasteiger partial charge in [0.25, 0.3) is 0 Å². The molecule has 0 aromatic heterocycles. The maximum Gasteiger partial charge on any atom is 0.573 e. The van der Waals surface area contributed by atoms with Gasteiger partial charge in [0, 0.05) is 6.04 Å². The Morgan fingerprint density at radius 2 is 1.95 bits per heavy atom. The summed E-state index contributed by atoms with van der Waals surface area (Å²) in [5.74, 6) is -0.304. The van der Waals surface area contributed by atoms with Crippen LogP contribution in [0.4, 0.5) is 18.9 Å². The lowest BCUT2D eigenvalue weighted by atomic mass is 10.1. The van der Waals surface area contributed by atoms with Crippen molar-refractivity contribution in [3.63, 3.8) is 0 Å². The van der Waals surface area contributed by atoms with Crippen molar-refractivity contribution in [2.75, 3.05) is 16.8 Å². The molecule has 0 radical (unpaired) electrons. The molecule has 1 aromatic rings. The predicted octanol–water partition coefficient (Wildman–Crippen LogP) is 2.57. The molecule has 1 aromatic carbocycles. The first-order valence-electron chi connectivity index (χ1n) is 6.07. The third-order valence-electron chi connectivity index (χ3n) is 2.94. The molecular formula is C12H14F3NO3S. The number of ether oxygens (including phenoxy) is 1. The topological polar surface area (TPSA) is 55.4 Å². The van der Waals surface area contributed by atoms with Crippen molar-refractivity contribution in [3.05, 3.63) is 24.3 Å². The highest BCUT2D eigenvalue weighted by molar-refractivity contribution is 7.91. The molecule has 4 nitrogen and oxygen atoms in total. The largest absolute Gasteiger partial charge is 0.573 e. The molecule has 112 valence electrons. The Balaban J connectivity index is 2.13. The molecule has 1 saturated heterocycles. The molecule has 1 unspecified atom stereocenters. The van der Waals surface area contributed by atoms with E-state index < -0.39 is 22.2 Å². The van der Waals surface area contributed by atoms with Crippen LogP contribution in [0, 0.1) is 0 Å². The summed E-state index contributed by atoms with van der Waals surface area (Å²) < 4.78 is 63.8. The first kappa shape index (κ1) is 15.0. The minimum Gasteiger partial charge on any atom is -0.404 e. The maximum atomic E-state index is 12.3. The lowest BCUT2D eigenvalue weighted by molar-refractivity contribution is -0.274. The molecule has 1 aliphatic heterocycles. The van der Waals surface area contributed by atoms with Gasteiger partial charge in [-0.1, -0.05) is 12.1 Å². The summed E-state index contributed by atoms with van der Waals surface area (Å²) in [6.07, 6.45) is -3.68. The fourth-order valence-electron chi connectivity index (χ4n) is 2.16. The Bertz CT molecular complexity index is 572. The number of anilines is 1. The Morgan fingerprint density at radius 3 is 2.60 bits per heavy atom. The van der Waals surface area contributed by atoms with Crippen molar-refractivity contribution in [2.24, 2.45) is 0 Å². The van der Waals surface area contributed by atoms with Crippen LogP contribution in [-0.4, -0.2) is 32.3 Å². The standard InChI is InChI=1S/C12H14F3NO3S/c13-12(14,15)19-11-6-2-1-5-10(11)16-9-4-3-7-20(17,18)8-9/h1-2,5-6,9,16H,3-4,7-8H2. The van der Waals surface area contributed by atoms with Crippen molar-refractivity contribution in [2.45, 2.75) is 25.2 Å². The summed E-state index contributed by atoms with van der Waals surface area (Å²) >= 11 is 0. The normalized spacial score (nSPS) is 22.2. The Morgan fingerprint density at radius 1 is 1.25 bits per heavy atom. The number of nitrogens with one attached hydrogen (secondary N) is 1. The minimum absolute atomic E-state index is 0.0760. The fourth-order valence-corrected chi connectivity index (χ4v) is 3.79. The Hall–Kier alpha value is -1.44.